The van der Waals surface area contributed by atoms with Crippen LogP contribution in [0.15, 0.2) is 30.5 Å². The summed E-state index contributed by atoms with van der Waals surface area (Å²) in [5.41, 5.74) is 1.30. The molecule has 6 heteroatoms. The van der Waals surface area contributed by atoms with Gasteiger partial charge in [0.1, 0.15) is 11.2 Å². The van der Waals surface area contributed by atoms with Gasteiger partial charge < -0.3 is 10.2 Å². The van der Waals surface area contributed by atoms with Gasteiger partial charge in [0.15, 0.2) is 0 Å². The third kappa shape index (κ3) is 2.42. The molecule has 27 heavy (non-hydrogen) atoms. The molecule has 0 bridgehead atoms. The summed E-state index contributed by atoms with van der Waals surface area (Å²) in [5.74, 6) is 0.782. The van der Waals surface area contributed by atoms with Gasteiger partial charge in [0.25, 0.3) is 0 Å². The third-order valence-corrected chi connectivity index (χ3v) is 5.36. The summed E-state index contributed by atoms with van der Waals surface area (Å²) in [4.78, 5) is 28.3. The molecule has 0 fully saturated rings. The van der Waals surface area contributed by atoms with Crippen molar-refractivity contribution in [3.8, 4) is 0 Å². The van der Waals surface area contributed by atoms with Crippen LogP contribution < -0.4 is 10.2 Å². The number of rotatable bonds is 2. The van der Waals surface area contributed by atoms with Crippen LogP contribution in [0.4, 0.5) is 11.5 Å². The molecule has 142 valence electrons. The van der Waals surface area contributed by atoms with E-state index < -0.39 is 5.41 Å². The first-order valence-corrected chi connectivity index (χ1v) is 9.46. The van der Waals surface area contributed by atoms with Crippen LogP contribution in [0.1, 0.15) is 52.2 Å². The maximum Gasteiger partial charge on any atom is 0.242 e. The quantitative estimate of drug-likeness (QED) is 0.887. The Morgan fingerprint density at radius 1 is 1.19 bits per heavy atom. The van der Waals surface area contributed by atoms with Crippen molar-refractivity contribution in [1.29, 1.82) is 0 Å². The van der Waals surface area contributed by atoms with Gasteiger partial charge in [0.05, 0.1) is 11.7 Å². The van der Waals surface area contributed by atoms with Crippen molar-refractivity contribution in [2.45, 2.75) is 52.0 Å². The highest BCUT2D eigenvalue weighted by molar-refractivity contribution is 6.15. The largest absolute Gasteiger partial charge is 0.311 e. The second-order valence-corrected chi connectivity index (χ2v) is 8.95. The van der Waals surface area contributed by atoms with Crippen molar-refractivity contribution in [1.82, 2.24) is 9.78 Å². The third-order valence-electron chi connectivity index (χ3n) is 5.36. The zero-order valence-electron chi connectivity index (χ0n) is 16.5. The lowest BCUT2D eigenvalue weighted by Crippen LogP contribution is -2.47. The molecular formula is C21H26N4O2. The topological polar surface area (TPSA) is 67.2 Å². The number of fused-ring (bicyclic) bond motifs is 4. The van der Waals surface area contributed by atoms with Crippen LogP contribution in [0.25, 0.3) is 0 Å². The average Bonchev–Trinajstić information content (AvgIpc) is 3.10. The highest BCUT2D eigenvalue weighted by Gasteiger charge is 2.57. The Morgan fingerprint density at radius 2 is 1.89 bits per heavy atom. The van der Waals surface area contributed by atoms with Crippen molar-refractivity contribution in [2.75, 3.05) is 16.8 Å². The summed E-state index contributed by atoms with van der Waals surface area (Å²) in [6.07, 6.45) is 1.87. The minimum atomic E-state index is -0.993. The Morgan fingerprint density at radius 3 is 2.56 bits per heavy atom. The normalized spacial score (nSPS) is 21.6. The van der Waals surface area contributed by atoms with Gasteiger partial charge in [-0.1, -0.05) is 32.0 Å². The first-order chi connectivity index (χ1) is 12.7. The number of carbonyl (C=O) groups is 2. The van der Waals surface area contributed by atoms with Crippen LogP contribution >= 0.6 is 0 Å². The lowest BCUT2D eigenvalue weighted by molar-refractivity contribution is -0.126. The molecule has 2 amide bonds. The minimum Gasteiger partial charge on any atom is -0.311 e. The number of anilines is 2. The van der Waals surface area contributed by atoms with E-state index in [0.717, 1.165) is 16.8 Å². The van der Waals surface area contributed by atoms with Crippen LogP contribution in [0, 0.1) is 5.92 Å². The first kappa shape index (κ1) is 17.8. The number of benzene rings is 1. The zero-order valence-corrected chi connectivity index (χ0v) is 16.5. The second kappa shape index (κ2) is 5.68. The molecule has 1 aromatic heterocycles. The molecule has 2 aromatic rings. The van der Waals surface area contributed by atoms with Crippen LogP contribution in [-0.4, -0.2) is 28.1 Å². The maximum absolute atomic E-state index is 13.8. The lowest BCUT2D eigenvalue weighted by Gasteiger charge is -2.34. The van der Waals surface area contributed by atoms with E-state index in [1.807, 2.05) is 54.6 Å². The number of hydrogen-bond donors (Lipinski definition) is 1. The lowest BCUT2D eigenvalue weighted by atomic mass is 9.71. The number of nitrogens with one attached hydrogen (secondary N) is 1. The van der Waals surface area contributed by atoms with Gasteiger partial charge in [0.2, 0.25) is 11.8 Å². The van der Waals surface area contributed by atoms with Crippen LogP contribution in [-0.2, 0) is 20.5 Å². The zero-order chi connectivity index (χ0) is 19.6. The number of carbonyl (C=O) groups excluding carboxylic acids is 2. The van der Waals surface area contributed by atoms with Crippen LogP contribution in [0.2, 0.25) is 0 Å². The molecule has 0 saturated heterocycles. The van der Waals surface area contributed by atoms with Gasteiger partial charge in [-0.25, -0.2) is 4.68 Å². The van der Waals surface area contributed by atoms with Gasteiger partial charge in [-0.15, -0.1) is 0 Å². The molecule has 2 aliphatic rings. The molecule has 1 spiro atoms. The molecule has 0 radical (unpaired) electrons. The fraction of sp³-hybridized carbons (Fsp3) is 0.476. The van der Waals surface area contributed by atoms with Gasteiger partial charge in [-0.05, 0) is 38.3 Å². The summed E-state index contributed by atoms with van der Waals surface area (Å²) < 4.78 is 1.81. The minimum absolute atomic E-state index is 0.0260. The molecule has 1 aromatic carbocycles. The number of para-hydroxylation sites is 1. The van der Waals surface area contributed by atoms with Gasteiger partial charge in [-0.2, -0.15) is 5.10 Å². The SMILES string of the molecule is CC(C)CN1C(=O)C2(CC(=O)Nc3c2cnn3C(C)(C)C)c2ccccc21. The predicted molar refractivity (Wildman–Crippen MR) is 105 cm³/mol. The highest BCUT2D eigenvalue weighted by Crippen LogP contribution is 2.52. The van der Waals surface area contributed by atoms with E-state index in [-0.39, 0.29) is 23.8 Å². The summed E-state index contributed by atoms with van der Waals surface area (Å²) in [5, 5.41) is 7.51. The van der Waals surface area contributed by atoms with Crippen molar-refractivity contribution < 1.29 is 9.59 Å². The van der Waals surface area contributed by atoms with Crippen molar-refractivity contribution in [2.24, 2.45) is 5.92 Å². The molecule has 6 nitrogen and oxygen atoms in total. The Labute approximate surface area is 159 Å². The van der Waals surface area contributed by atoms with E-state index in [4.69, 9.17) is 0 Å². The Bertz CT molecular complexity index is 938. The maximum atomic E-state index is 13.8. The van der Waals surface area contributed by atoms with Crippen molar-refractivity contribution in [3.63, 3.8) is 0 Å². The van der Waals surface area contributed by atoms with E-state index in [0.29, 0.717) is 18.3 Å². The average molecular weight is 366 g/mol. The molecule has 1 atom stereocenters. The highest BCUT2D eigenvalue weighted by atomic mass is 16.2. The molecule has 4 rings (SSSR count). The van der Waals surface area contributed by atoms with Crippen LogP contribution in [0.3, 0.4) is 0 Å². The monoisotopic (exact) mass is 366 g/mol. The Kier molecular flexibility index (Phi) is 3.74. The Hall–Kier alpha value is -2.63. The van der Waals surface area contributed by atoms with E-state index in [1.54, 1.807) is 6.20 Å². The van der Waals surface area contributed by atoms with Gasteiger partial charge in [-0.3, -0.25) is 9.59 Å². The first-order valence-electron chi connectivity index (χ1n) is 9.46. The van der Waals surface area contributed by atoms with Crippen molar-refractivity contribution >= 4 is 23.3 Å². The summed E-state index contributed by atoms with van der Waals surface area (Å²) in [7, 11) is 0. The number of hydrogen-bond acceptors (Lipinski definition) is 3. The van der Waals surface area contributed by atoms with Crippen molar-refractivity contribution in [3.05, 3.63) is 41.6 Å². The predicted octanol–water partition coefficient (Wildman–Crippen LogP) is 3.27. The summed E-state index contributed by atoms with van der Waals surface area (Å²) >= 11 is 0. The van der Waals surface area contributed by atoms with E-state index in [9.17, 15) is 9.59 Å². The number of amides is 2. The molecule has 2 aliphatic heterocycles. The number of aromatic nitrogens is 2. The smallest absolute Gasteiger partial charge is 0.242 e. The summed E-state index contributed by atoms with van der Waals surface area (Å²) in [6.45, 7) is 10.9. The van der Waals surface area contributed by atoms with Gasteiger partial charge >= 0.3 is 0 Å². The molecule has 1 N–H and O–H groups in total. The fourth-order valence-corrected chi connectivity index (χ4v) is 4.30. The molecule has 1 unspecified atom stereocenters. The Balaban J connectivity index is 1.98. The van der Waals surface area contributed by atoms with E-state index in [1.165, 1.54) is 0 Å². The standard InChI is InChI=1S/C21H26N4O2/c1-13(2)12-24-16-9-7-6-8-14(16)21(19(24)27)10-17(26)23-18-15(21)11-22-25(18)20(3,4)5/h6-9,11,13H,10,12H2,1-5H3,(H,23,26). The molecule has 0 saturated carbocycles. The van der Waals surface area contributed by atoms with Crippen LogP contribution in [0.5, 0.6) is 0 Å². The summed E-state index contributed by atoms with van der Waals surface area (Å²) in [6, 6.07) is 7.84. The molecular weight excluding hydrogens is 340 g/mol. The van der Waals surface area contributed by atoms with Gasteiger partial charge in [0, 0.05) is 24.2 Å². The second-order valence-electron chi connectivity index (χ2n) is 8.95. The molecule has 0 aliphatic carbocycles. The van der Waals surface area contributed by atoms with E-state index >= 15 is 0 Å². The fourth-order valence-electron chi connectivity index (χ4n) is 4.30. The number of nitrogens with zero attached hydrogens (tertiary/aromatic N) is 3. The molecule has 3 heterocycles. The van der Waals surface area contributed by atoms with E-state index in [2.05, 4.69) is 24.3 Å².